The van der Waals surface area contributed by atoms with Crippen LogP contribution in [0.2, 0.25) is 0 Å². The van der Waals surface area contributed by atoms with Gasteiger partial charge >= 0.3 is 0 Å². The number of aliphatic hydroxyl groups excluding tert-OH is 2. The Balaban J connectivity index is 2.92. The Kier molecular flexibility index (Phi) is 5.01. The van der Waals surface area contributed by atoms with Crippen LogP contribution in [0.5, 0.6) is 0 Å². The van der Waals surface area contributed by atoms with Gasteiger partial charge in [0.1, 0.15) is 0 Å². The fourth-order valence-electron chi connectivity index (χ4n) is 0.529. The smallest absolute Gasteiger partial charge is 0.0562 e. The lowest BCUT2D eigenvalue weighted by Crippen LogP contribution is -2.07. The predicted octanol–water partition coefficient (Wildman–Crippen LogP) is 0.344. The van der Waals surface area contributed by atoms with Crippen molar-refractivity contribution < 1.29 is 10.2 Å². The van der Waals surface area contributed by atoms with Gasteiger partial charge in [0.25, 0.3) is 0 Å². The fraction of sp³-hybridized carbons (Fsp3) is 0.833. The van der Waals surface area contributed by atoms with Crippen molar-refractivity contribution in [2.24, 2.45) is 0 Å². The SMILES string of the molecule is [CH2]CCC(O)CCO. The molecular weight excluding hydrogens is 104 g/mol. The van der Waals surface area contributed by atoms with E-state index in [-0.39, 0.29) is 12.7 Å². The molecule has 0 amide bonds. The molecule has 2 N–H and O–H groups in total. The van der Waals surface area contributed by atoms with Gasteiger partial charge in [0.15, 0.2) is 0 Å². The summed E-state index contributed by atoms with van der Waals surface area (Å²) in [6.07, 6.45) is 1.56. The second kappa shape index (κ2) is 5.06. The first-order valence-corrected chi connectivity index (χ1v) is 2.89. The van der Waals surface area contributed by atoms with Crippen LogP contribution in [-0.2, 0) is 0 Å². The third-order valence-electron chi connectivity index (χ3n) is 1.000. The van der Waals surface area contributed by atoms with E-state index in [1.807, 2.05) is 0 Å². The molecule has 1 radical (unpaired) electrons. The molecule has 0 bridgehead atoms. The van der Waals surface area contributed by atoms with Crippen LogP contribution in [0.15, 0.2) is 0 Å². The summed E-state index contributed by atoms with van der Waals surface area (Å²) in [7, 11) is 0. The van der Waals surface area contributed by atoms with E-state index in [9.17, 15) is 0 Å². The van der Waals surface area contributed by atoms with Gasteiger partial charge in [-0.3, -0.25) is 0 Å². The third kappa shape index (κ3) is 4.09. The first kappa shape index (κ1) is 7.92. The zero-order valence-electron chi connectivity index (χ0n) is 5.01. The summed E-state index contributed by atoms with van der Waals surface area (Å²) in [6.45, 7) is 3.64. The van der Waals surface area contributed by atoms with Crippen molar-refractivity contribution in [3.63, 3.8) is 0 Å². The standard InChI is InChI=1S/C6H13O2/c1-2-3-6(8)4-5-7/h6-8H,1-5H2. The Morgan fingerprint density at radius 3 is 2.38 bits per heavy atom. The van der Waals surface area contributed by atoms with Crippen molar-refractivity contribution in [1.29, 1.82) is 0 Å². The van der Waals surface area contributed by atoms with E-state index in [4.69, 9.17) is 10.2 Å². The highest BCUT2D eigenvalue weighted by atomic mass is 16.3. The highest BCUT2D eigenvalue weighted by Crippen LogP contribution is 1.98. The minimum absolute atomic E-state index is 0.0706. The quantitative estimate of drug-likeness (QED) is 0.557. The highest BCUT2D eigenvalue weighted by Gasteiger charge is 1.98. The molecule has 0 fully saturated rings. The summed E-state index contributed by atoms with van der Waals surface area (Å²) in [5.74, 6) is 0. The van der Waals surface area contributed by atoms with Gasteiger partial charge in [-0.1, -0.05) is 13.3 Å². The van der Waals surface area contributed by atoms with Crippen LogP contribution in [0.1, 0.15) is 19.3 Å². The molecule has 1 atom stereocenters. The van der Waals surface area contributed by atoms with Gasteiger partial charge in [-0.15, -0.1) is 0 Å². The van der Waals surface area contributed by atoms with Gasteiger partial charge in [-0.25, -0.2) is 0 Å². The molecule has 0 saturated carbocycles. The molecule has 0 aliphatic carbocycles. The molecule has 0 aromatic carbocycles. The molecule has 0 heterocycles. The number of hydrogen-bond acceptors (Lipinski definition) is 2. The minimum atomic E-state index is -0.350. The average Bonchev–Trinajstić information content (AvgIpc) is 1.68. The van der Waals surface area contributed by atoms with Crippen LogP contribution in [-0.4, -0.2) is 22.9 Å². The Bertz CT molecular complexity index is 39.8. The van der Waals surface area contributed by atoms with E-state index in [2.05, 4.69) is 6.92 Å². The molecule has 1 unspecified atom stereocenters. The second-order valence-electron chi connectivity index (χ2n) is 1.81. The van der Waals surface area contributed by atoms with E-state index < -0.39 is 0 Å². The van der Waals surface area contributed by atoms with E-state index in [0.717, 1.165) is 6.42 Å². The lowest BCUT2D eigenvalue weighted by molar-refractivity contribution is 0.126. The van der Waals surface area contributed by atoms with E-state index in [0.29, 0.717) is 12.8 Å². The van der Waals surface area contributed by atoms with Gasteiger partial charge in [-0.05, 0) is 12.8 Å². The van der Waals surface area contributed by atoms with Crippen LogP contribution in [0.4, 0.5) is 0 Å². The summed E-state index contributed by atoms with van der Waals surface area (Å²) >= 11 is 0. The molecule has 0 aromatic heterocycles. The normalized spacial score (nSPS) is 13.9. The summed E-state index contributed by atoms with van der Waals surface area (Å²) in [5, 5.41) is 17.1. The summed E-state index contributed by atoms with van der Waals surface area (Å²) in [6, 6.07) is 0. The third-order valence-corrected chi connectivity index (χ3v) is 1.000. The Morgan fingerprint density at radius 2 is 2.00 bits per heavy atom. The molecular formula is C6H13O2. The van der Waals surface area contributed by atoms with Crippen molar-refractivity contribution >= 4 is 0 Å². The molecule has 49 valence electrons. The Labute approximate surface area is 50.2 Å². The summed E-state index contributed by atoms with van der Waals surface area (Å²) < 4.78 is 0. The molecule has 0 saturated heterocycles. The maximum absolute atomic E-state index is 8.85. The predicted molar refractivity (Wildman–Crippen MR) is 32.3 cm³/mol. The van der Waals surface area contributed by atoms with Crippen molar-refractivity contribution in [2.75, 3.05) is 6.61 Å². The van der Waals surface area contributed by atoms with E-state index >= 15 is 0 Å². The van der Waals surface area contributed by atoms with E-state index in [1.165, 1.54) is 0 Å². The number of rotatable bonds is 4. The number of hydrogen-bond donors (Lipinski definition) is 2. The zero-order chi connectivity index (χ0) is 6.41. The van der Waals surface area contributed by atoms with Crippen LogP contribution in [0.3, 0.4) is 0 Å². The topological polar surface area (TPSA) is 40.5 Å². The Morgan fingerprint density at radius 1 is 1.38 bits per heavy atom. The van der Waals surface area contributed by atoms with Gasteiger partial charge < -0.3 is 10.2 Å². The largest absolute Gasteiger partial charge is 0.396 e. The summed E-state index contributed by atoms with van der Waals surface area (Å²) in [4.78, 5) is 0. The average molecular weight is 117 g/mol. The maximum Gasteiger partial charge on any atom is 0.0562 e. The van der Waals surface area contributed by atoms with Crippen molar-refractivity contribution in [1.82, 2.24) is 0 Å². The van der Waals surface area contributed by atoms with Gasteiger partial charge in [0.05, 0.1) is 6.10 Å². The zero-order valence-corrected chi connectivity index (χ0v) is 5.01. The molecule has 0 rings (SSSR count). The maximum atomic E-state index is 8.85. The molecule has 2 heteroatoms. The molecule has 2 nitrogen and oxygen atoms in total. The Hall–Kier alpha value is -0.0800. The molecule has 8 heavy (non-hydrogen) atoms. The van der Waals surface area contributed by atoms with E-state index in [1.54, 1.807) is 0 Å². The summed E-state index contributed by atoms with van der Waals surface area (Å²) in [5.41, 5.74) is 0. The second-order valence-corrected chi connectivity index (χ2v) is 1.81. The lowest BCUT2D eigenvalue weighted by atomic mass is 10.2. The fourth-order valence-corrected chi connectivity index (χ4v) is 0.529. The van der Waals surface area contributed by atoms with Crippen LogP contribution in [0, 0.1) is 6.92 Å². The monoisotopic (exact) mass is 117 g/mol. The van der Waals surface area contributed by atoms with Crippen LogP contribution < -0.4 is 0 Å². The number of aliphatic hydroxyl groups is 2. The van der Waals surface area contributed by atoms with Crippen molar-refractivity contribution in [3.05, 3.63) is 6.92 Å². The highest BCUT2D eigenvalue weighted by molar-refractivity contribution is 4.54. The van der Waals surface area contributed by atoms with Crippen LogP contribution >= 0.6 is 0 Å². The molecule has 0 aliphatic rings. The van der Waals surface area contributed by atoms with Gasteiger partial charge in [0, 0.05) is 6.61 Å². The molecule has 0 aliphatic heterocycles. The first-order valence-electron chi connectivity index (χ1n) is 2.89. The molecule has 0 aromatic rings. The van der Waals surface area contributed by atoms with Gasteiger partial charge in [-0.2, -0.15) is 0 Å². The van der Waals surface area contributed by atoms with Crippen LogP contribution in [0.25, 0.3) is 0 Å². The van der Waals surface area contributed by atoms with Gasteiger partial charge in [0.2, 0.25) is 0 Å². The molecule has 0 spiro atoms. The lowest BCUT2D eigenvalue weighted by Gasteiger charge is -2.04. The van der Waals surface area contributed by atoms with Crippen molar-refractivity contribution in [3.8, 4) is 0 Å². The van der Waals surface area contributed by atoms with Crippen molar-refractivity contribution in [2.45, 2.75) is 25.4 Å². The first-order chi connectivity index (χ1) is 3.81. The minimum Gasteiger partial charge on any atom is -0.396 e.